The number of anilines is 1. The first kappa shape index (κ1) is 25.6. The lowest BCUT2D eigenvalue weighted by Crippen LogP contribution is -2.43. The number of hydrogen-bond acceptors (Lipinski definition) is 8. The van der Waals surface area contributed by atoms with Crippen molar-refractivity contribution in [3.8, 4) is 22.6 Å². The zero-order valence-electron chi connectivity index (χ0n) is 21.1. The van der Waals surface area contributed by atoms with Crippen LogP contribution in [0.2, 0.25) is 0 Å². The van der Waals surface area contributed by atoms with Gasteiger partial charge in [0.2, 0.25) is 5.90 Å². The van der Waals surface area contributed by atoms with E-state index in [1.165, 1.54) is 4.31 Å². The van der Waals surface area contributed by atoms with E-state index in [2.05, 4.69) is 9.99 Å². The molecule has 9 nitrogen and oxygen atoms in total. The molecule has 0 saturated carbocycles. The molecule has 2 aliphatic rings. The van der Waals surface area contributed by atoms with Crippen LogP contribution in [0.25, 0.3) is 11.1 Å². The van der Waals surface area contributed by atoms with E-state index in [0.717, 1.165) is 16.7 Å². The van der Waals surface area contributed by atoms with Crippen molar-refractivity contribution in [3.05, 3.63) is 72.3 Å². The van der Waals surface area contributed by atoms with E-state index in [9.17, 15) is 13.2 Å². The maximum Gasteiger partial charge on any atom is 0.344 e. The number of benzene rings is 3. The summed E-state index contributed by atoms with van der Waals surface area (Å²) in [6.45, 7) is 2.32. The average Bonchev–Trinajstić information content (AvgIpc) is 3.35. The molecule has 3 aromatic rings. The van der Waals surface area contributed by atoms with Gasteiger partial charge in [-0.1, -0.05) is 30.3 Å². The van der Waals surface area contributed by atoms with Gasteiger partial charge < -0.3 is 19.0 Å². The van der Waals surface area contributed by atoms with Crippen molar-refractivity contribution in [2.75, 3.05) is 24.6 Å². The van der Waals surface area contributed by atoms with Gasteiger partial charge in [-0.2, -0.15) is 0 Å². The van der Waals surface area contributed by atoms with Crippen LogP contribution in [0.15, 0.2) is 76.8 Å². The molecule has 10 heteroatoms. The Morgan fingerprint density at radius 2 is 1.87 bits per heavy atom. The molecule has 0 radical (unpaired) electrons. The highest BCUT2D eigenvalue weighted by Crippen LogP contribution is 2.41. The molecule has 5 rings (SSSR count). The molecular weight excluding hydrogens is 508 g/mol. The van der Waals surface area contributed by atoms with Crippen LogP contribution in [0.4, 0.5) is 5.69 Å². The van der Waals surface area contributed by atoms with Crippen molar-refractivity contribution in [3.63, 3.8) is 0 Å². The summed E-state index contributed by atoms with van der Waals surface area (Å²) in [5.74, 6) is 1.00. The van der Waals surface area contributed by atoms with Gasteiger partial charge in [-0.05, 0) is 78.0 Å². The summed E-state index contributed by atoms with van der Waals surface area (Å²) < 4.78 is 46.3. The normalized spacial score (nSPS) is 16.8. The third-order valence-electron chi connectivity index (χ3n) is 6.36. The number of aryl methyl sites for hydroxylation is 1. The summed E-state index contributed by atoms with van der Waals surface area (Å²) in [7, 11) is -2.26. The summed E-state index contributed by atoms with van der Waals surface area (Å²) in [6, 6.07) is 20.0. The van der Waals surface area contributed by atoms with E-state index in [0.29, 0.717) is 36.6 Å². The molecule has 0 spiro atoms. The van der Waals surface area contributed by atoms with Gasteiger partial charge in [0.25, 0.3) is 10.0 Å². The van der Waals surface area contributed by atoms with E-state index in [1.807, 2.05) is 55.5 Å². The second kappa shape index (κ2) is 10.7. The fourth-order valence-electron chi connectivity index (χ4n) is 4.44. The molecule has 1 atom stereocenters. The molecule has 0 aromatic heterocycles. The minimum absolute atomic E-state index is 0.0193. The third kappa shape index (κ3) is 5.45. The van der Waals surface area contributed by atoms with Gasteiger partial charge in [0, 0.05) is 0 Å². The Morgan fingerprint density at radius 1 is 1.05 bits per heavy atom. The average molecular weight is 537 g/mol. The lowest BCUT2D eigenvalue weighted by Gasteiger charge is -2.36. The van der Waals surface area contributed by atoms with Crippen molar-refractivity contribution in [2.45, 2.75) is 37.2 Å². The Bertz CT molecular complexity index is 1490. The van der Waals surface area contributed by atoms with Crippen LogP contribution in [0.3, 0.4) is 0 Å². The number of rotatable bonds is 8. The quantitative estimate of drug-likeness (QED) is 0.304. The zero-order chi connectivity index (χ0) is 26.7. The Hall–Kier alpha value is -4.05. The highest BCUT2D eigenvalue weighted by atomic mass is 32.2. The number of carbonyl (C=O) groups is 1. The van der Waals surface area contributed by atoms with Gasteiger partial charge in [-0.15, -0.1) is 0 Å². The third-order valence-corrected chi connectivity index (χ3v) is 8.13. The Labute approximate surface area is 221 Å². The fraction of sp³-hybridized carbons (Fsp3) is 0.286. The predicted molar refractivity (Wildman–Crippen MR) is 142 cm³/mol. The van der Waals surface area contributed by atoms with Crippen molar-refractivity contribution >= 4 is 27.6 Å². The Morgan fingerprint density at radius 3 is 2.63 bits per heavy atom. The molecule has 0 fully saturated rings. The van der Waals surface area contributed by atoms with Crippen molar-refractivity contribution in [1.29, 1.82) is 0 Å². The molecule has 198 valence electrons. The Balaban J connectivity index is 1.42. The minimum atomic E-state index is -3.87. The smallest absolute Gasteiger partial charge is 0.344 e. The van der Waals surface area contributed by atoms with Crippen LogP contribution in [0.5, 0.6) is 11.5 Å². The number of methoxy groups -OCH3 is 1. The largest absolute Gasteiger partial charge is 0.497 e. The van der Waals surface area contributed by atoms with Crippen molar-refractivity contribution in [2.24, 2.45) is 5.16 Å². The zero-order valence-corrected chi connectivity index (χ0v) is 21.9. The molecular formula is C28H28N2O7S. The lowest BCUT2D eigenvalue weighted by molar-refractivity contribution is -0.140. The molecule has 0 bridgehead atoms. The number of hydrogen-bond donors (Lipinski definition) is 0. The van der Waals surface area contributed by atoms with Gasteiger partial charge in [0.15, 0.2) is 0 Å². The summed E-state index contributed by atoms with van der Waals surface area (Å²) in [6.07, 6.45) is 0.745. The molecule has 0 amide bonds. The molecule has 2 heterocycles. The van der Waals surface area contributed by atoms with Crippen LogP contribution < -0.4 is 13.8 Å². The Kier molecular flexibility index (Phi) is 7.24. The topological polar surface area (TPSA) is 104 Å². The molecule has 0 N–H and O–H groups in total. The summed E-state index contributed by atoms with van der Waals surface area (Å²) in [5.41, 5.74) is 3.08. The van der Waals surface area contributed by atoms with Crippen LogP contribution in [0, 0.1) is 6.92 Å². The maximum absolute atomic E-state index is 13.9. The van der Waals surface area contributed by atoms with Gasteiger partial charge in [0.1, 0.15) is 24.0 Å². The minimum Gasteiger partial charge on any atom is -0.497 e. The molecule has 0 aliphatic carbocycles. The van der Waals surface area contributed by atoms with Gasteiger partial charge >= 0.3 is 5.97 Å². The molecule has 0 unspecified atom stereocenters. The van der Waals surface area contributed by atoms with Crippen LogP contribution in [0.1, 0.15) is 24.8 Å². The van der Waals surface area contributed by atoms with Gasteiger partial charge in [-0.25, -0.2) is 13.2 Å². The van der Waals surface area contributed by atoms with Crippen molar-refractivity contribution < 1.29 is 32.3 Å². The molecule has 38 heavy (non-hydrogen) atoms. The number of fused-ring (bicyclic) bond motifs is 1. The number of carbonyl (C=O) groups excluding carboxylic acids is 1. The van der Waals surface area contributed by atoms with Crippen molar-refractivity contribution in [1.82, 2.24) is 0 Å². The van der Waals surface area contributed by atoms with E-state index in [-0.39, 0.29) is 23.8 Å². The first-order valence-electron chi connectivity index (χ1n) is 12.3. The second-order valence-electron chi connectivity index (χ2n) is 9.12. The molecule has 0 saturated heterocycles. The first-order chi connectivity index (χ1) is 18.3. The van der Waals surface area contributed by atoms with Gasteiger partial charge in [0.05, 0.1) is 30.8 Å². The van der Waals surface area contributed by atoms with E-state index in [1.54, 1.807) is 25.3 Å². The summed E-state index contributed by atoms with van der Waals surface area (Å²) in [4.78, 5) is 15.9. The van der Waals surface area contributed by atoms with Gasteiger partial charge in [-0.3, -0.25) is 4.31 Å². The second-order valence-corrected chi connectivity index (χ2v) is 11.0. The van der Waals surface area contributed by atoms with E-state index >= 15 is 0 Å². The number of nitrogens with zero attached hydrogens (tertiary/aromatic N) is 2. The number of oxime groups is 1. The highest BCUT2D eigenvalue weighted by molar-refractivity contribution is 7.92. The fourth-order valence-corrected chi connectivity index (χ4v) is 6.05. The summed E-state index contributed by atoms with van der Waals surface area (Å²) in [5, 5.41) is 3.58. The standard InChI is InChI=1S/C28H28N2O7S/c1-19-6-3-10-24(14-19)38(32,33)30-18-23(9-5-13-35-27-17-28(31)37-29-27)36-26-12-11-21(16-25(26)30)20-7-4-8-22(15-20)34-2/h3-4,6-8,10-12,14-16,23H,5,9,13,17-18H2,1-2H3/t23-/m0/s1. The van der Waals surface area contributed by atoms with E-state index in [4.69, 9.17) is 14.2 Å². The molecule has 2 aliphatic heterocycles. The first-order valence-corrected chi connectivity index (χ1v) is 13.7. The molecule has 3 aromatic carbocycles. The predicted octanol–water partition coefficient (Wildman–Crippen LogP) is 4.68. The monoisotopic (exact) mass is 536 g/mol. The van der Waals surface area contributed by atoms with Crippen LogP contribution >= 0.6 is 0 Å². The summed E-state index contributed by atoms with van der Waals surface area (Å²) >= 11 is 0. The SMILES string of the molecule is COc1cccc(-c2ccc3c(c2)N(S(=O)(=O)c2cccc(C)c2)C[C@H](CCCOC2=NOC(=O)C2)O3)c1. The lowest BCUT2D eigenvalue weighted by atomic mass is 10.0. The number of sulfonamides is 1. The van der Waals surface area contributed by atoms with Crippen LogP contribution in [-0.2, 0) is 24.4 Å². The van der Waals surface area contributed by atoms with Crippen LogP contribution in [-0.4, -0.2) is 46.7 Å². The highest BCUT2D eigenvalue weighted by Gasteiger charge is 2.35. The number of ether oxygens (including phenoxy) is 3. The van der Waals surface area contributed by atoms with E-state index < -0.39 is 22.1 Å². The maximum atomic E-state index is 13.9.